The Kier molecular flexibility index (Phi) is 6.58. The second kappa shape index (κ2) is 9.19. The smallest absolute Gasteiger partial charge is 0.433 e. The number of hydrogen-bond donors (Lipinski definition) is 3. The Hall–Kier alpha value is -3.05. The molecule has 0 aliphatic heterocycles. The van der Waals surface area contributed by atoms with Crippen LogP contribution in [-0.4, -0.2) is 31.1 Å². The first-order valence-electron chi connectivity index (χ1n) is 11.1. The van der Waals surface area contributed by atoms with Crippen LogP contribution in [0.3, 0.4) is 0 Å². The third-order valence-corrected chi connectivity index (χ3v) is 7.71. The number of aromatic nitrogens is 3. The average molecular weight is 507 g/mol. The largest absolute Gasteiger partial charge is 0.481 e. The van der Waals surface area contributed by atoms with Crippen LogP contribution in [0.2, 0.25) is 0 Å². The highest BCUT2D eigenvalue weighted by Crippen LogP contribution is 2.48. The standard InChI is InChI=1S/C24H25F3N4O3S/c1-12-6-15(9-16(7-12)30-22-28-5-4-19(31-22)24(25,26)27)18-11-29-21(35-18)23(34)10-13(2)17(20(32)33)8-14(23)3/h4-7,9,11,13-14,17,34H,8,10H2,1-3H3,(H,32,33)(H,28,30,31)/t13-,14-,17+,23+/m0/s1. The van der Waals surface area contributed by atoms with Gasteiger partial charge in [0.15, 0.2) is 0 Å². The van der Waals surface area contributed by atoms with E-state index in [0.717, 1.165) is 28.3 Å². The van der Waals surface area contributed by atoms with Gasteiger partial charge in [-0.25, -0.2) is 15.0 Å². The minimum Gasteiger partial charge on any atom is -0.481 e. The molecular weight excluding hydrogens is 481 g/mol. The number of anilines is 2. The van der Waals surface area contributed by atoms with Crippen LogP contribution in [0.15, 0.2) is 36.7 Å². The summed E-state index contributed by atoms with van der Waals surface area (Å²) in [5.41, 5.74) is -0.132. The molecule has 1 fully saturated rings. The van der Waals surface area contributed by atoms with Crippen LogP contribution in [-0.2, 0) is 16.6 Å². The summed E-state index contributed by atoms with van der Waals surface area (Å²) in [4.78, 5) is 24.2. The molecular formula is C24H25F3N4O3S. The van der Waals surface area contributed by atoms with Gasteiger partial charge in [-0.05, 0) is 60.9 Å². The normalized spacial score (nSPS) is 24.8. The van der Waals surface area contributed by atoms with E-state index in [0.29, 0.717) is 23.5 Å². The van der Waals surface area contributed by atoms with Crippen LogP contribution in [0.1, 0.15) is 43.0 Å². The highest BCUT2D eigenvalue weighted by molar-refractivity contribution is 7.15. The number of alkyl halides is 3. The Morgan fingerprint density at radius 3 is 2.66 bits per heavy atom. The molecule has 4 rings (SSSR count). The molecule has 35 heavy (non-hydrogen) atoms. The molecule has 2 aromatic heterocycles. The molecule has 1 aliphatic carbocycles. The van der Waals surface area contributed by atoms with Crippen LogP contribution in [0.25, 0.3) is 10.4 Å². The summed E-state index contributed by atoms with van der Waals surface area (Å²) in [7, 11) is 0. The molecule has 1 aliphatic rings. The van der Waals surface area contributed by atoms with Gasteiger partial charge in [0.1, 0.15) is 16.3 Å². The maximum absolute atomic E-state index is 13.0. The molecule has 2 heterocycles. The van der Waals surface area contributed by atoms with Crippen molar-refractivity contribution in [3.05, 3.63) is 52.9 Å². The Labute approximate surface area is 204 Å². The number of halogens is 3. The lowest BCUT2D eigenvalue weighted by Gasteiger charge is -2.42. The molecule has 0 radical (unpaired) electrons. The second-order valence-electron chi connectivity index (χ2n) is 9.19. The van der Waals surface area contributed by atoms with Gasteiger partial charge in [-0.15, -0.1) is 11.3 Å². The van der Waals surface area contributed by atoms with E-state index >= 15 is 0 Å². The van der Waals surface area contributed by atoms with Crippen molar-refractivity contribution in [1.82, 2.24) is 15.0 Å². The number of carboxylic acids is 1. The van der Waals surface area contributed by atoms with Gasteiger partial charge in [-0.2, -0.15) is 13.2 Å². The van der Waals surface area contributed by atoms with Gasteiger partial charge in [0.05, 0.1) is 10.8 Å². The van der Waals surface area contributed by atoms with Crippen molar-refractivity contribution in [2.45, 2.75) is 45.4 Å². The van der Waals surface area contributed by atoms with Gasteiger partial charge < -0.3 is 15.5 Å². The summed E-state index contributed by atoms with van der Waals surface area (Å²) in [6, 6.07) is 6.24. The zero-order chi connectivity index (χ0) is 25.5. The molecule has 0 saturated heterocycles. The minimum absolute atomic E-state index is 0.173. The summed E-state index contributed by atoms with van der Waals surface area (Å²) in [5.74, 6) is -2.02. The lowest BCUT2D eigenvalue weighted by molar-refractivity contribution is -0.152. The number of carboxylic acid groups (broad SMARTS) is 1. The summed E-state index contributed by atoms with van der Waals surface area (Å²) in [5, 5.41) is 24.3. The molecule has 1 saturated carbocycles. The van der Waals surface area contributed by atoms with Crippen LogP contribution >= 0.6 is 11.3 Å². The molecule has 186 valence electrons. The van der Waals surface area contributed by atoms with E-state index in [-0.39, 0.29) is 17.8 Å². The predicted octanol–water partition coefficient (Wildman–Crippen LogP) is 5.63. The number of carbonyl (C=O) groups is 1. The number of nitrogens with one attached hydrogen (secondary N) is 1. The van der Waals surface area contributed by atoms with Crippen molar-refractivity contribution in [2.24, 2.45) is 17.8 Å². The molecule has 3 N–H and O–H groups in total. The first kappa shape index (κ1) is 25.1. The Morgan fingerprint density at radius 2 is 1.97 bits per heavy atom. The fraction of sp³-hybridized carbons (Fsp3) is 0.417. The molecule has 0 amide bonds. The predicted molar refractivity (Wildman–Crippen MR) is 125 cm³/mol. The van der Waals surface area contributed by atoms with Gasteiger partial charge in [0.25, 0.3) is 0 Å². The van der Waals surface area contributed by atoms with Crippen molar-refractivity contribution < 1.29 is 28.2 Å². The van der Waals surface area contributed by atoms with E-state index in [2.05, 4.69) is 20.3 Å². The fourth-order valence-electron chi connectivity index (χ4n) is 4.60. The van der Waals surface area contributed by atoms with Gasteiger partial charge in [0, 0.05) is 18.1 Å². The molecule has 11 heteroatoms. The van der Waals surface area contributed by atoms with Gasteiger partial charge >= 0.3 is 12.1 Å². The summed E-state index contributed by atoms with van der Waals surface area (Å²) in [6.07, 6.45) is -1.22. The lowest BCUT2D eigenvalue weighted by Crippen LogP contribution is -2.44. The molecule has 3 aromatic rings. The molecule has 4 atom stereocenters. The number of aryl methyl sites for hydroxylation is 1. The summed E-state index contributed by atoms with van der Waals surface area (Å²) >= 11 is 1.32. The van der Waals surface area contributed by atoms with Gasteiger partial charge in [-0.3, -0.25) is 4.79 Å². The Bertz CT molecular complexity index is 1250. The average Bonchev–Trinajstić information content (AvgIpc) is 3.26. The van der Waals surface area contributed by atoms with Crippen LogP contribution < -0.4 is 5.32 Å². The number of aliphatic carboxylic acids is 1. The number of hydrogen-bond acceptors (Lipinski definition) is 7. The van der Waals surface area contributed by atoms with E-state index in [1.165, 1.54) is 11.3 Å². The highest BCUT2D eigenvalue weighted by atomic mass is 32.1. The minimum atomic E-state index is -4.57. The molecule has 0 spiro atoms. The van der Waals surface area contributed by atoms with Crippen LogP contribution in [0.5, 0.6) is 0 Å². The number of thiazole rings is 1. The number of nitrogens with zero attached hydrogens (tertiary/aromatic N) is 3. The third kappa shape index (κ3) is 5.15. The van der Waals surface area contributed by atoms with Crippen molar-refractivity contribution in [2.75, 3.05) is 5.32 Å². The lowest BCUT2D eigenvalue weighted by atomic mass is 9.67. The van der Waals surface area contributed by atoms with E-state index < -0.39 is 29.4 Å². The van der Waals surface area contributed by atoms with Gasteiger partial charge in [-0.1, -0.05) is 19.9 Å². The van der Waals surface area contributed by atoms with E-state index in [1.54, 1.807) is 18.3 Å². The summed E-state index contributed by atoms with van der Waals surface area (Å²) in [6.45, 7) is 5.53. The van der Waals surface area contributed by atoms with Crippen LogP contribution in [0, 0.1) is 24.7 Å². The number of benzene rings is 1. The quantitative estimate of drug-likeness (QED) is 0.412. The molecule has 0 bridgehead atoms. The summed E-state index contributed by atoms with van der Waals surface area (Å²) < 4.78 is 38.9. The molecule has 7 nitrogen and oxygen atoms in total. The topological polar surface area (TPSA) is 108 Å². The maximum Gasteiger partial charge on any atom is 0.433 e. The Balaban J connectivity index is 1.60. The molecule has 0 unspecified atom stereocenters. The molecule has 1 aromatic carbocycles. The van der Waals surface area contributed by atoms with Gasteiger partial charge in [0.2, 0.25) is 5.95 Å². The SMILES string of the molecule is Cc1cc(Nc2nccc(C(F)(F)F)n2)cc(-c2cnc([C@@]3(O)C[C@H](C)[C@H](C(=O)O)C[C@@H]3C)s2)c1. The van der Waals surface area contributed by atoms with E-state index in [9.17, 15) is 28.2 Å². The number of rotatable bonds is 5. The van der Waals surface area contributed by atoms with Crippen LogP contribution in [0.4, 0.5) is 24.8 Å². The second-order valence-corrected chi connectivity index (χ2v) is 10.2. The number of aliphatic hydroxyl groups is 1. The highest BCUT2D eigenvalue weighted by Gasteiger charge is 2.48. The fourth-order valence-corrected chi connectivity index (χ4v) is 5.71. The third-order valence-electron chi connectivity index (χ3n) is 6.50. The Morgan fingerprint density at radius 1 is 1.23 bits per heavy atom. The van der Waals surface area contributed by atoms with E-state index in [1.807, 2.05) is 26.8 Å². The van der Waals surface area contributed by atoms with E-state index in [4.69, 9.17) is 0 Å². The van der Waals surface area contributed by atoms with Crippen molar-refractivity contribution in [3.63, 3.8) is 0 Å². The monoisotopic (exact) mass is 506 g/mol. The van der Waals surface area contributed by atoms with Crippen molar-refractivity contribution in [1.29, 1.82) is 0 Å². The zero-order valence-electron chi connectivity index (χ0n) is 19.3. The van der Waals surface area contributed by atoms with Crippen molar-refractivity contribution in [3.8, 4) is 10.4 Å². The maximum atomic E-state index is 13.0. The zero-order valence-corrected chi connectivity index (χ0v) is 20.1. The first-order valence-corrected chi connectivity index (χ1v) is 11.9. The van der Waals surface area contributed by atoms with Crippen molar-refractivity contribution >= 4 is 28.9 Å². The first-order chi connectivity index (χ1) is 16.4.